The van der Waals surface area contributed by atoms with Crippen LogP contribution in [-0.4, -0.2) is 35.9 Å². The summed E-state index contributed by atoms with van der Waals surface area (Å²) in [5.41, 5.74) is 0.432. The Labute approximate surface area is 163 Å². The van der Waals surface area contributed by atoms with Crippen LogP contribution < -0.4 is 19.9 Å². The molecule has 0 aliphatic heterocycles. The molecule has 150 valence electrons. The highest BCUT2D eigenvalue weighted by molar-refractivity contribution is 7.89. The Morgan fingerprint density at radius 3 is 2.25 bits per heavy atom. The van der Waals surface area contributed by atoms with E-state index in [9.17, 15) is 21.6 Å². The van der Waals surface area contributed by atoms with Crippen LogP contribution in [0.5, 0.6) is 5.75 Å². The second kappa shape index (κ2) is 7.51. The first-order chi connectivity index (χ1) is 13.1. The van der Waals surface area contributed by atoms with Gasteiger partial charge in [-0.15, -0.1) is 0 Å². The number of amides is 1. The number of carbonyl (C=O) groups excluding carboxylic acids is 1. The summed E-state index contributed by atoms with van der Waals surface area (Å²) in [7, 11) is -6.32. The Morgan fingerprint density at radius 2 is 1.71 bits per heavy atom. The van der Waals surface area contributed by atoms with Crippen LogP contribution in [-0.2, 0) is 20.0 Å². The number of primary sulfonamides is 1. The average Bonchev–Trinajstić information content (AvgIpc) is 3.44. The van der Waals surface area contributed by atoms with Gasteiger partial charge in [-0.3, -0.25) is 4.79 Å². The number of sulfonamides is 2. The van der Waals surface area contributed by atoms with Gasteiger partial charge >= 0.3 is 0 Å². The van der Waals surface area contributed by atoms with Crippen LogP contribution in [0.1, 0.15) is 23.2 Å². The van der Waals surface area contributed by atoms with E-state index >= 15 is 0 Å². The fourth-order valence-electron chi connectivity index (χ4n) is 2.44. The van der Waals surface area contributed by atoms with Crippen LogP contribution in [0.4, 0.5) is 5.69 Å². The molecule has 4 N–H and O–H groups in total. The van der Waals surface area contributed by atoms with Gasteiger partial charge in [0.1, 0.15) is 10.6 Å². The number of nitrogens with one attached hydrogen (secondary N) is 2. The molecule has 0 spiro atoms. The summed E-state index contributed by atoms with van der Waals surface area (Å²) in [6, 6.07) is 9.26. The predicted molar refractivity (Wildman–Crippen MR) is 102 cm³/mol. The van der Waals surface area contributed by atoms with Gasteiger partial charge in [0.2, 0.25) is 20.0 Å². The molecule has 1 saturated carbocycles. The average molecular weight is 425 g/mol. The number of anilines is 1. The van der Waals surface area contributed by atoms with Crippen molar-refractivity contribution in [1.82, 2.24) is 4.72 Å². The van der Waals surface area contributed by atoms with Gasteiger partial charge in [-0.1, -0.05) is 0 Å². The highest BCUT2D eigenvalue weighted by atomic mass is 32.2. The summed E-state index contributed by atoms with van der Waals surface area (Å²) in [5.74, 6) is -0.434. The van der Waals surface area contributed by atoms with Crippen LogP contribution in [0, 0.1) is 0 Å². The second-order valence-corrected chi connectivity index (χ2v) is 9.53. The van der Waals surface area contributed by atoms with Crippen LogP contribution in [0.2, 0.25) is 0 Å². The molecule has 0 atom stereocenters. The third-order valence-electron chi connectivity index (χ3n) is 4.06. The summed E-state index contributed by atoms with van der Waals surface area (Å²) >= 11 is 0. The quantitative estimate of drug-likeness (QED) is 0.604. The third kappa shape index (κ3) is 4.68. The second-order valence-electron chi connectivity index (χ2n) is 6.28. The lowest BCUT2D eigenvalue weighted by molar-refractivity contribution is 0.102. The lowest BCUT2D eigenvalue weighted by atomic mass is 10.2. The minimum atomic E-state index is -3.84. The molecule has 1 aliphatic rings. The zero-order chi connectivity index (χ0) is 20.5. The Balaban J connectivity index is 1.84. The van der Waals surface area contributed by atoms with Crippen molar-refractivity contribution < 1.29 is 26.4 Å². The van der Waals surface area contributed by atoms with Gasteiger partial charge in [0.25, 0.3) is 5.91 Å². The van der Waals surface area contributed by atoms with Crippen LogP contribution in [0.15, 0.2) is 52.3 Å². The Morgan fingerprint density at radius 1 is 1.07 bits per heavy atom. The smallest absolute Gasteiger partial charge is 0.255 e. The molecule has 2 aromatic carbocycles. The van der Waals surface area contributed by atoms with Crippen molar-refractivity contribution in [2.45, 2.75) is 28.7 Å². The molecule has 0 bridgehead atoms. The summed E-state index contributed by atoms with van der Waals surface area (Å²) in [5, 5.41) is 7.61. The number of nitrogens with two attached hydrogens (primary N) is 1. The Bertz CT molecular complexity index is 1110. The van der Waals surface area contributed by atoms with Gasteiger partial charge < -0.3 is 10.1 Å². The number of hydrogen-bond donors (Lipinski definition) is 3. The highest BCUT2D eigenvalue weighted by Gasteiger charge is 2.30. The molecule has 28 heavy (non-hydrogen) atoms. The van der Waals surface area contributed by atoms with Crippen LogP contribution in [0.3, 0.4) is 0 Å². The van der Waals surface area contributed by atoms with Gasteiger partial charge in [0, 0.05) is 17.3 Å². The molecule has 0 unspecified atom stereocenters. The molecular weight excluding hydrogens is 406 g/mol. The van der Waals surface area contributed by atoms with E-state index in [4.69, 9.17) is 9.88 Å². The van der Waals surface area contributed by atoms with Crippen molar-refractivity contribution in [3.63, 3.8) is 0 Å². The fourth-order valence-corrected chi connectivity index (χ4v) is 4.46. The lowest BCUT2D eigenvalue weighted by Gasteiger charge is -2.12. The van der Waals surface area contributed by atoms with Gasteiger partial charge in [0.05, 0.1) is 12.0 Å². The van der Waals surface area contributed by atoms with E-state index in [-0.39, 0.29) is 27.1 Å². The van der Waals surface area contributed by atoms with E-state index in [0.29, 0.717) is 5.69 Å². The number of rotatable bonds is 7. The third-order valence-corrected chi connectivity index (χ3v) is 6.53. The molecule has 0 radical (unpaired) electrons. The standard InChI is InChI=1S/C17H19N3O6S2/c1-26-15-9-2-11(10-16(15)28(24,25)20-13-3-4-13)17(21)19-12-5-7-14(8-6-12)27(18,22)23/h2,5-10,13,20H,3-4H2,1H3,(H,19,21)(H2,18,22,23). The van der Waals surface area contributed by atoms with Gasteiger partial charge in [0.15, 0.2) is 0 Å². The molecular formula is C17H19N3O6S2. The fraction of sp³-hybridized carbons (Fsp3) is 0.235. The number of ether oxygens (including phenoxy) is 1. The molecule has 2 aromatic rings. The van der Waals surface area contributed by atoms with E-state index in [1.807, 2.05) is 0 Å². The minimum absolute atomic E-state index is 0.0884. The number of carbonyl (C=O) groups is 1. The van der Waals surface area contributed by atoms with E-state index < -0.39 is 26.0 Å². The van der Waals surface area contributed by atoms with Crippen molar-refractivity contribution >= 4 is 31.6 Å². The van der Waals surface area contributed by atoms with Crippen LogP contribution >= 0.6 is 0 Å². The van der Waals surface area contributed by atoms with Gasteiger partial charge in [-0.2, -0.15) is 0 Å². The molecule has 0 aromatic heterocycles. The Kier molecular flexibility index (Phi) is 5.44. The van der Waals surface area contributed by atoms with Crippen molar-refractivity contribution in [2.75, 3.05) is 12.4 Å². The molecule has 9 nitrogen and oxygen atoms in total. The first-order valence-corrected chi connectivity index (χ1v) is 11.3. The summed E-state index contributed by atoms with van der Waals surface area (Å²) in [6.45, 7) is 0. The highest BCUT2D eigenvalue weighted by Crippen LogP contribution is 2.28. The zero-order valence-electron chi connectivity index (χ0n) is 14.9. The molecule has 3 rings (SSSR count). The number of benzene rings is 2. The molecule has 1 aliphatic carbocycles. The first kappa shape index (κ1) is 20.3. The molecule has 0 saturated heterocycles. The van der Waals surface area contributed by atoms with Gasteiger partial charge in [-0.25, -0.2) is 26.7 Å². The maximum atomic E-state index is 12.5. The zero-order valence-corrected chi connectivity index (χ0v) is 16.5. The number of hydrogen-bond acceptors (Lipinski definition) is 6. The van der Waals surface area contributed by atoms with E-state index in [2.05, 4.69) is 10.0 Å². The van der Waals surface area contributed by atoms with Crippen molar-refractivity contribution in [3.8, 4) is 5.75 Å². The van der Waals surface area contributed by atoms with Crippen molar-refractivity contribution in [1.29, 1.82) is 0 Å². The van der Waals surface area contributed by atoms with Crippen molar-refractivity contribution in [3.05, 3.63) is 48.0 Å². The molecule has 1 amide bonds. The van der Waals surface area contributed by atoms with E-state index in [1.165, 1.54) is 49.6 Å². The maximum Gasteiger partial charge on any atom is 0.255 e. The minimum Gasteiger partial charge on any atom is -0.495 e. The molecule has 0 heterocycles. The molecule has 11 heteroatoms. The Hall–Kier alpha value is -2.47. The summed E-state index contributed by atoms with van der Waals surface area (Å²) in [6.07, 6.45) is 1.55. The first-order valence-electron chi connectivity index (χ1n) is 8.25. The van der Waals surface area contributed by atoms with Crippen molar-refractivity contribution in [2.24, 2.45) is 5.14 Å². The normalized spacial score (nSPS) is 14.5. The monoisotopic (exact) mass is 425 g/mol. The van der Waals surface area contributed by atoms with Crippen LogP contribution in [0.25, 0.3) is 0 Å². The predicted octanol–water partition coefficient (Wildman–Crippen LogP) is 1.04. The van der Waals surface area contributed by atoms with Gasteiger partial charge in [-0.05, 0) is 55.3 Å². The maximum absolute atomic E-state index is 12.5. The topological polar surface area (TPSA) is 145 Å². The number of methoxy groups -OCH3 is 1. The summed E-state index contributed by atoms with van der Waals surface area (Å²) < 4.78 is 55.3. The van der Waals surface area contributed by atoms with E-state index in [0.717, 1.165) is 12.8 Å². The largest absolute Gasteiger partial charge is 0.495 e. The summed E-state index contributed by atoms with van der Waals surface area (Å²) in [4.78, 5) is 12.3. The molecule has 1 fully saturated rings. The lowest BCUT2D eigenvalue weighted by Crippen LogP contribution is -2.26. The van der Waals surface area contributed by atoms with E-state index in [1.54, 1.807) is 0 Å². The SMILES string of the molecule is COc1ccc(C(=O)Nc2ccc(S(N)(=O)=O)cc2)cc1S(=O)(=O)NC1CC1.